The summed E-state index contributed by atoms with van der Waals surface area (Å²) in [7, 11) is 1.92. The second kappa shape index (κ2) is 3.24. The number of nitrogens with one attached hydrogen (secondary N) is 1. The Bertz CT molecular complexity index is 338. The average Bonchev–Trinajstić information content (AvgIpc) is 2.04. The Hall–Kier alpha value is -1.24. The molecule has 0 atom stereocenters. The zero-order valence-electron chi connectivity index (χ0n) is 7.02. The molecule has 0 aliphatic rings. The van der Waals surface area contributed by atoms with E-state index in [4.69, 9.17) is 0 Å². The molecule has 0 aliphatic carbocycles. The summed E-state index contributed by atoms with van der Waals surface area (Å²) in [5, 5.41) is 5.36. The summed E-state index contributed by atoms with van der Waals surface area (Å²) in [4.78, 5) is 0. The molecule has 0 spiro atoms. The molecule has 0 saturated carbocycles. The monoisotopic (exact) mass is 147 g/mol. The topological polar surface area (TPSA) is 12.0 Å². The predicted octanol–water partition coefficient (Wildman–Crippen LogP) is 0.444. The molecule has 0 aromatic heterocycles. The maximum Gasteiger partial charge on any atom is 0.0152 e. The Kier molecular flexibility index (Phi) is 2.32. The third-order valence-electron chi connectivity index (χ3n) is 1.80. The first-order valence-corrected chi connectivity index (χ1v) is 3.68. The van der Waals surface area contributed by atoms with Crippen LogP contribution in [0.15, 0.2) is 24.3 Å². The lowest BCUT2D eigenvalue weighted by Gasteiger charge is -1.97. The minimum Gasteiger partial charge on any atom is -0.391 e. The molecule has 58 valence electrons. The van der Waals surface area contributed by atoms with Gasteiger partial charge in [-0.25, -0.2) is 0 Å². The van der Waals surface area contributed by atoms with E-state index in [0.717, 1.165) is 10.9 Å². The Labute approximate surface area is 67.1 Å². The van der Waals surface area contributed by atoms with Gasteiger partial charge < -0.3 is 5.32 Å². The van der Waals surface area contributed by atoms with E-state index in [1.54, 1.807) is 0 Å². The minimum absolute atomic E-state index is 1.07. The standard InChI is InChI=1S/C10H13N/c1-8-6-4-5-7-10(8)9(2)11-3/h4-7,11H,1H2,2-3H3/b10-9+. The maximum atomic E-state index is 3.93. The summed E-state index contributed by atoms with van der Waals surface area (Å²) in [6, 6.07) is 8.09. The molecule has 0 amide bonds. The molecule has 1 heteroatoms. The van der Waals surface area contributed by atoms with Gasteiger partial charge in [0.05, 0.1) is 0 Å². The highest BCUT2D eigenvalue weighted by Gasteiger charge is 1.85. The van der Waals surface area contributed by atoms with Crippen molar-refractivity contribution in [3.05, 3.63) is 34.7 Å². The lowest BCUT2D eigenvalue weighted by molar-refractivity contribution is 1.09. The summed E-state index contributed by atoms with van der Waals surface area (Å²) in [5.41, 5.74) is 1.16. The highest BCUT2D eigenvalue weighted by atomic mass is 14.8. The fourth-order valence-corrected chi connectivity index (χ4v) is 1.02. The van der Waals surface area contributed by atoms with Crippen LogP contribution in [0.1, 0.15) is 6.92 Å². The SMILES string of the molecule is C=c1cccc/c1=C(/C)NC. The summed E-state index contributed by atoms with van der Waals surface area (Å²) in [5.74, 6) is 0. The molecule has 0 unspecified atom stereocenters. The van der Waals surface area contributed by atoms with Gasteiger partial charge >= 0.3 is 0 Å². The van der Waals surface area contributed by atoms with Crippen molar-refractivity contribution in [2.24, 2.45) is 0 Å². The van der Waals surface area contributed by atoms with Crippen LogP contribution in [0.5, 0.6) is 0 Å². The van der Waals surface area contributed by atoms with E-state index in [2.05, 4.69) is 18.0 Å². The predicted molar refractivity (Wildman–Crippen MR) is 49.4 cm³/mol. The highest BCUT2D eigenvalue weighted by molar-refractivity contribution is 5.39. The largest absolute Gasteiger partial charge is 0.391 e. The normalized spacial score (nSPS) is 12.5. The Morgan fingerprint density at radius 1 is 1.36 bits per heavy atom. The molecule has 1 aromatic carbocycles. The molecule has 0 heterocycles. The van der Waals surface area contributed by atoms with E-state index in [1.165, 1.54) is 5.22 Å². The van der Waals surface area contributed by atoms with E-state index < -0.39 is 0 Å². The smallest absolute Gasteiger partial charge is 0.0152 e. The second-order valence-corrected chi connectivity index (χ2v) is 2.53. The summed E-state index contributed by atoms with van der Waals surface area (Å²) in [6.45, 7) is 5.97. The van der Waals surface area contributed by atoms with E-state index in [1.807, 2.05) is 32.2 Å². The molecule has 1 aromatic rings. The molecule has 1 nitrogen and oxygen atoms in total. The first-order valence-electron chi connectivity index (χ1n) is 3.68. The molecular weight excluding hydrogens is 134 g/mol. The van der Waals surface area contributed by atoms with Crippen molar-refractivity contribution in [2.45, 2.75) is 6.92 Å². The van der Waals surface area contributed by atoms with Crippen LogP contribution in [0.3, 0.4) is 0 Å². The van der Waals surface area contributed by atoms with Crippen LogP contribution in [-0.4, -0.2) is 7.05 Å². The van der Waals surface area contributed by atoms with Crippen LogP contribution in [0.4, 0.5) is 0 Å². The van der Waals surface area contributed by atoms with E-state index in [-0.39, 0.29) is 0 Å². The van der Waals surface area contributed by atoms with E-state index in [0.29, 0.717) is 0 Å². The van der Waals surface area contributed by atoms with Crippen LogP contribution < -0.4 is 15.8 Å². The Morgan fingerprint density at radius 2 is 2.00 bits per heavy atom. The van der Waals surface area contributed by atoms with Gasteiger partial charge in [0.2, 0.25) is 0 Å². The van der Waals surface area contributed by atoms with Crippen molar-refractivity contribution in [1.29, 1.82) is 0 Å². The summed E-state index contributed by atoms with van der Waals surface area (Å²) < 4.78 is 0. The molecule has 0 radical (unpaired) electrons. The lowest BCUT2D eigenvalue weighted by Crippen LogP contribution is -2.28. The molecule has 0 aliphatic heterocycles. The van der Waals surface area contributed by atoms with Gasteiger partial charge in [0.1, 0.15) is 0 Å². The van der Waals surface area contributed by atoms with Crippen LogP contribution in [0, 0.1) is 0 Å². The van der Waals surface area contributed by atoms with E-state index >= 15 is 0 Å². The van der Waals surface area contributed by atoms with Crippen molar-refractivity contribution in [3.8, 4) is 0 Å². The van der Waals surface area contributed by atoms with Gasteiger partial charge in [0, 0.05) is 12.7 Å². The maximum absolute atomic E-state index is 3.93. The molecule has 11 heavy (non-hydrogen) atoms. The van der Waals surface area contributed by atoms with Crippen LogP contribution >= 0.6 is 0 Å². The molecular formula is C10H13N. The van der Waals surface area contributed by atoms with Crippen molar-refractivity contribution in [3.63, 3.8) is 0 Å². The summed E-state index contributed by atoms with van der Waals surface area (Å²) >= 11 is 0. The van der Waals surface area contributed by atoms with Gasteiger partial charge in [-0.05, 0) is 17.4 Å². The van der Waals surface area contributed by atoms with Crippen molar-refractivity contribution in [2.75, 3.05) is 7.05 Å². The van der Waals surface area contributed by atoms with Crippen molar-refractivity contribution >= 4 is 12.3 Å². The quantitative estimate of drug-likeness (QED) is 0.608. The van der Waals surface area contributed by atoms with Crippen LogP contribution in [0.25, 0.3) is 12.3 Å². The minimum atomic E-state index is 1.07. The molecule has 0 bridgehead atoms. The molecule has 1 rings (SSSR count). The van der Waals surface area contributed by atoms with Gasteiger partial charge in [-0.2, -0.15) is 0 Å². The summed E-state index contributed by atoms with van der Waals surface area (Å²) in [6.07, 6.45) is 0. The van der Waals surface area contributed by atoms with Gasteiger partial charge in [0.15, 0.2) is 0 Å². The van der Waals surface area contributed by atoms with Gasteiger partial charge in [-0.3, -0.25) is 0 Å². The molecule has 1 N–H and O–H groups in total. The fourth-order valence-electron chi connectivity index (χ4n) is 1.02. The number of hydrogen-bond donors (Lipinski definition) is 1. The van der Waals surface area contributed by atoms with Crippen molar-refractivity contribution in [1.82, 2.24) is 5.32 Å². The lowest BCUT2D eigenvalue weighted by atomic mass is 10.2. The number of rotatable bonds is 1. The Balaban J connectivity index is 3.46. The first kappa shape index (κ1) is 7.86. The van der Waals surface area contributed by atoms with Gasteiger partial charge in [-0.1, -0.05) is 30.8 Å². The average molecular weight is 147 g/mol. The van der Waals surface area contributed by atoms with Crippen LogP contribution in [-0.2, 0) is 0 Å². The number of benzene rings is 1. The highest BCUT2D eigenvalue weighted by Crippen LogP contribution is 1.78. The first-order chi connectivity index (χ1) is 5.25. The fraction of sp³-hybridized carbons (Fsp3) is 0.200. The third-order valence-corrected chi connectivity index (χ3v) is 1.80. The Morgan fingerprint density at radius 3 is 2.55 bits per heavy atom. The zero-order valence-corrected chi connectivity index (χ0v) is 7.02. The molecule has 0 saturated heterocycles. The van der Waals surface area contributed by atoms with Gasteiger partial charge in [-0.15, -0.1) is 0 Å². The molecule has 0 fully saturated rings. The van der Waals surface area contributed by atoms with Crippen LogP contribution in [0.2, 0.25) is 0 Å². The van der Waals surface area contributed by atoms with Crippen molar-refractivity contribution < 1.29 is 0 Å². The third kappa shape index (κ3) is 1.61. The van der Waals surface area contributed by atoms with Gasteiger partial charge in [0.25, 0.3) is 0 Å². The zero-order chi connectivity index (χ0) is 8.27. The number of hydrogen-bond acceptors (Lipinski definition) is 1. The second-order valence-electron chi connectivity index (χ2n) is 2.53. The van der Waals surface area contributed by atoms with E-state index in [9.17, 15) is 0 Å².